The fourth-order valence-corrected chi connectivity index (χ4v) is 1.48. The Labute approximate surface area is 103 Å². The normalized spacial score (nSPS) is 11.9. The van der Waals surface area contributed by atoms with Crippen LogP contribution < -0.4 is 5.32 Å². The third kappa shape index (κ3) is 4.12. The summed E-state index contributed by atoms with van der Waals surface area (Å²) >= 11 is 0. The summed E-state index contributed by atoms with van der Waals surface area (Å²) in [4.78, 5) is 22.2. The quantitative estimate of drug-likeness (QED) is 0.839. The number of carboxylic acid groups (broad SMARTS) is 1. The van der Waals surface area contributed by atoms with Gasteiger partial charge in [0.2, 0.25) is 5.91 Å². The molecular formula is C12H13F2NO3. The number of carbonyl (C=O) groups excluding carboxylic acids is 1. The van der Waals surface area contributed by atoms with E-state index in [1.807, 2.05) is 0 Å². The van der Waals surface area contributed by atoms with Crippen molar-refractivity contribution in [1.82, 2.24) is 5.32 Å². The maximum atomic E-state index is 12.9. The van der Waals surface area contributed by atoms with E-state index < -0.39 is 29.6 Å². The van der Waals surface area contributed by atoms with E-state index in [9.17, 15) is 18.4 Å². The van der Waals surface area contributed by atoms with Crippen LogP contribution in [0.15, 0.2) is 18.2 Å². The van der Waals surface area contributed by atoms with Crippen molar-refractivity contribution in [2.24, 2.45) is 0 Å². The summed E-state index contributed by atoms with van der Waals surface area (Å²) < 4.78 is 25.7. The largest absolute Gasteiger partial charge is 0.480 e. The van der Waals surface area contributed by atoms with Crippen molar-refractivity contribution in [1.29, 1.82) is 0 Å². The van der Waals surface area contributed by atoms with Crippen LogP contribution in [-0.4, -0.2) is 23.0 Å². The van der Waals surface area contributed by atoms with Gasteiger partial charge in [-0.1, -0.05) is 6.92 Å². The number of nitrogens with one attached hydrogen (secondary N) is 1. The highest BCUT2D eigenvalue weighted by Gasteiger charge is 2.17. The Hall–Kier alpha value is -1.98. The third-order valence-corrected chi connectivity index (χ3v) is 2.33. The fourth-order valence-electron chi connectivity index (χ4n) is 1.48. The van der Waals surface area contributed by atoms with Gasteiger partial charge in [0.05, 0.1) is 6.42 Å². The zero-order chi connectivity index (χ0) is 13.7. The average molecular weight is 257 g/mol. The van der Waals surface area contributed by atoms with Gasteiger partial charge in [0.15, 0.2) is 0 Å². The summed E-state index contributed by atoms with van der Waals surface area (Å²) in [5.74, 6) is -3.28. The summed E-state index contributed by atoms with van der Waals surface area (Å²) in [6.45, 7) is 1.61. The Morgan fingerprint density at radius 1 is 1.28 bits per heavy atom. The van der Waals surface area contributed by atoms with Crippen LogP contribution in [0.25, 0.3) is 0 Å². The summed E-state index contributed by atoms with van der Waals surface area (Å²) in [7, 11) is 0. The van der Waals surface area contributed by atoms with E-state index >= 15 is 0 Å². The Kier molecular flexibility index (Phi) is 4.76. The molecule has 0 aliphatic carbocycles. The van der Waals surface area contributed by atoms with Crippen molar-refractivity contribution in [2.45, 2.75) is 25.8 Å². The molecule has 18 heavy (non-hydrogen) atoms. The summed E-state index contributed by atoms with van der Waals surface area (Å²) in [5, 5.41) is 11.0. The molecule has 0 aliphatic rings. The van der Waals surface area contributed by atoms with E-state index in [0.717, 1.165) is 12.1 Å². The highest BCUT2D eigenvalue weighted by atomic mass is 19.1. The fraction of sp³-hybridized carbons (Fsp3) is 0.333. The molecule has 98 valence electrons. The third-order valence-electron chi connectivity index (χ3n) is 2.33. The van der Waals surface area contributed by atoms with Gasteiger partial charge in [0.1, 0.15) is 17.7 Å². The molecule has 1 unspecified atom stereocenters. The van der Waals surface area contributed by atoms with E-state index in [1.54, 1.807) is 6.92 Å². The molecule has 1 aromatic carbocycles. The molecule has 0 saturated heterocycles. The van der Waals surface area contributed by atoms with Crippen LogP contribution in [0.5, 0.6) is 0 Å². The summed E-state index contributed by atoms with van der Waals surface area (Å²) in [6, 6.07) is 1.78. The molecule has 0 bridgehead atoms. The molecule has 1 amide bonds. The molecule has 0 radical (unpaired) electrons. The number of halogens is 2. The second-order valence-electron chi connectivity index (χ2n) is 3.82. The molecule has 0 fully saturated rings. The van der Waals surface area contributed by atoms with Crippen molar-refractivity contribution in [3.05, 3.63) is 35.4 Å². The first kappa shape index (κ1) is 14.1. The highest BCUT2D eigenvalue weighted by Crippen LogP contribution is 2.08. The van der Waals surface area contributed by atoms with Crippen LogP contribution in [0.2, 0.25) is 0 Å². The SMILES string of the molecule is CCC(NC(=O)Cc1cc(F)cc(F)c1)C(=O)O. The number of amides is 1. The van der Waals surface area contributed by atoms with Gasteiger partial charge in [-0.2, -0.15) is 0 Å². The Morgan fingerprint density at radius 2 is 1.83 bits per heavy atom. The predicted octanol–water partition coefficient (Wildman–Crippen LogP) is 1.49. The van der Waals surface area contributed by atoms with E-state index in [2.05, 4.69) is 5.32 Å². The lowest BCUT2D eigenvalue weighted by atomic mass is 10.1. The Bertz CT molecular complexity index is 442. The van der Waals surface area contributed by atoms with Crippen molar-refractivity contribution >= 4 is 11.9 Å². The molecule has 0 spiro atoms. The summed E-state index contributed by atoms with van der Waals surface area (Å²) in [5.41, 5.74) is 0.158. The Balaban J connectivity index is 2.67. The number of hydrogen-bond donors (Lipinski definition) is 2. The second-order valence-corrected chi connectivity index (χ2v) is 3.82. The lowest BCUT2D eigenvalue weighted by molar-refractivity contribution is -0.141. The molecule has 0 aliphatic heterocycles. The monoisotopic (exact) mass is 257 g/mol. The zero-order valence-corrected chi connectivity index (χ0v) is 9.74. The first-order chi connectivity index (χ1) is 8.42. The minimum atomic E-state index is -1.14. The lowest BCUT2D eigenvalue weighted by Gasteiger charge is -2.12. The standard InChI is InChI=1S/C12H13F2NO3/c1-2-10(12(17)18)15-11(16)5-7-3-8(13)6-9(14)4-7/h3-4,6,10H,2,5H2,1H3,(H,15,16)(H,17,18). The first-order valence-corrected chi connectivity index (χ1v) is 5.39. The van der Waals surface area contributed by atoms with Gasteiger partial charge in [-0.25, -0.2) is 13.6 Å². The molecule has 0 heterocycles. The lowest BCUT2D eigenvalue weighted by Crippen LogP contribution is -2.40. The van der Waals surface area contributed by atoms with E-state index in [0.29, 0.717) is 6.07 Å². The van der Waals surface area contributed by atoms with Crippen molar-refractivity contribution in [3.8, 4) is 0 Å². The number of hydrogen-bond acceptors (Lipinski definition) is 2. The van der Waals surface area contributed by atoms with Crippen LogP contribution in [-0.2, 0) is 16.0 Å². The van der Waals surface area contributed by atoms with Crippen LogP contribution >= 0.6 is 0 Å². The van der Waals surface area contributed by atoms with Gasteiger partial charge in [-0.05, 0) is 24.1 Å². The second kappa shape index (κ2) is 6.09. The molecule has 0 saturated carbocycles. The first-order valence-electron chi connectivity index (χ1n) is 5.39. The van der Waals surface area contributed by atoms with Gasteiger partial charge >= 0.3 is 5.97 Å². The van der Waals surface area contributed by atoms with Crippen LogP contribution in [0.4, 0.5) is 8.78 Å². The van der Waals surface area contributed by atoms with E-state index in [1.165, 1.54) is 0 Å². The number of carboxylic acids is 1. The highest BCUT2D eigenvalue weighted by molar-refractivity contribution is 5.84. The topological polar surface area (TPSA) is 66.4 Å². The number of aliphatic carboxylic acids is 1. The molecule has 0 aromatic heterocycles. The average Bonchev–Trinajstić information content (AvgIpc) is 2.23. The Morgan fingerprint density at radius 3 is 2.28 bits per heavy atom. The van der Waals surface area contributed by atoms with Crippen LogP contribution in [0, 0.1) is 11.6 Å². The van der Waals surface area contributed by atoms with E-state index in [-0.39, 0.29) is 18.4 Å². The summed E-state index contributed by atoms with van der Waals surface area (Å²) in [6.07, 6.45) is -0.0307. The van der Waals surface area contributed by atoms with Crippen molar-refractivity contribution in [2.75, 3.05) is 0 Å². The molecule has 2 N–H and O–H groups in total. The maximum Gasteiger partial charge on any atom is 0.326 e. The van der Waals surface area contributed by atoms with Gasteiger partial charge < -0.3 is 10.4 Å². The van der Waals surface area contributed by atoms with Crippen LogP contribution in [0.1, 0.15) is 18.9 Å². The molecule has 4 nitrogen and oxygen atoms in total. The smallest absolute Gasteiger partial charge is 0.326 e. The number of rotatable bonds is 5. The molecule has 6 heteroatoms. The minimum Gasteiger partial charge on any atom is -0.480 e. The van der Waals surface area contributed by atoms with Gasteiger partial charge in [-0.3, -0.25) is 4.79 Å². The van der Waals surface area contributed by atoms with Crippen molar-refractivity contribution < 1.29 is 23.5 Å². The molecule has 1 atom stereocenters. The predicted molar refractivity (Wildman–Crippen MR) is 59.9 cm³/mol. The number of carbonyl (C=O) groups is 2. The number of benzene rings is 1. The van der Waals surface area contributed by atoms with Gasteiger partial charge in [0.25, 0.3) is 0 Å². The van der Waals surface area contributed by atoms with Gasteiger partial charge in [-0.15, -0.1) is 0 Å². The van der Waals surface area contributed by atoms with Crippen molar-refractivity contribution in [3.63, 3.8) is 0 Å². The van der Waals surface area contributed by atoms with E-state index in [4.69, 9.17) is 5.11 Å². The van der Waals surface area contributed by atoms with Gasteiger partial charge in [0, 0.05) is 6.07 Å². The maximum absolute atomic E-state index is 12.9. The molecule has 1 aromatic rings. The molecular weight excluding hydrogens is 244 g/mol. The minimum absolute atomic E-state index is 0.158. The molecule has 1 rings (SSSR count). The zero-order valence-electron chi connectivity index (χ0n) is 9.74. The van der Waals surface area contributed by atoms with Crippen LogP contribution in [0.3, 0.4) is 0 Å².